The van der Waals surface area contributed by atoms with Gasteiger partial charge in [-0.1, -0.05) is 30.3 Å². The Morgan fingerprint density at radius 1 is 1.22 bits per heavy atom. The molecule has 0 saturated carbocycles. The molecule has 0 aliphatic rings. The van der Waals surface area contributed by atoms with Crippen LogP contribution in [0.15, 0.2) is 54.7 Å². The number of H-pyrrole nitrogens is 1. The topological polar surface area (TPSA) is 80.1 Å². The molecule has 1 aromatic heterocycles. The van der Waals surface area contributed by atoms with Crippen molar-refractivity contribution in [2.75, 3.05) is 12.4 Å². The number of ether oxygens (including phenoxy) is 1. The van der Waals surface area contributed by atoms with Crippen LogP contribution in [0.2, 0.25) is 0 Å². The molecule has 0 spiro atoms. The van der Waals surface area contributed by atoms with Gasteiger partial charge in [-0.3, -0.25) is 4.79 Å². The van der Waals surface area contributed by atoms with Gasteiger partial charge in [-0.15, -0.1) is 0 Å². The minimum atomic E-state index is -0.640. The van der Waals surface area contributed by atoms with Gasteiger partial charge in [-0.25, -0.2) is 0 Å². The minimum Gasteiger partial charge on any atom is -0.495 e. The number of benzene rings is 2. The zero-order valence-corrected chi connectivity index (χ0v) is 12.9. The van der Waals surface area contributed by atoms with Gasteiger partial charge in [0, 0.05) is 17.1 Å². The number of hydrogen-bond acceptors (Lipinski definition) is 3. The molecule has 0 saturated heterocycles. The standard InChI is InChI=1S/C18H19N3O2/c1-23-17-9-5-4-8-16(17)21-18(22)14(19)10-12-11-20-15-7-3-2-6-13(12)15/h2-9,11,14,20H,10,19H2,1H3,(H,21,22). The van der Waals surface area contributed by atoms with Crippen LogP contribution in [0.5, 0.6) is 5.75 Å². The van der Waals surface area contributed by atoms with E-state index in [0.29, 0.717) is 17.9 Å². The Kier molecular flexibility index (Phi) is 4.30. The number of nitrogens with two attached hydrogens (primary N) is 1. The number of rotatable bonds is 5. The second-order valence-electron chi connectivity index (χ2n) is 5.36. The number of aromatic nitrogens is 1. The molecular weight excluding hydrogens is 290 g/mol. The van der Waals surface area contributed by atoms with Crippen molar-refractivity contribution in [1.82, 2.24) is 4.98 Å². The second kappa shape index (κ2) is 6.54. The molecule has 0 bridgehead atoms. The van der Waals surface area contributed by atoms with Crippen molar-refractivity contribution < 1.29 is 9.53 Å². The van der Waals surface area contributed by atoms with Crippen LogP contribution in [0.1, 0.15) is 5.56 Å². The summed E-state index contributed by atoms with van der Waals surface area (Å²) in [7, 11) is 1.57. The molecule has 4 N–H and O–H groups in total. The van der Waals surface area contributed by atoms with Gasteiger partial charge in [0.2, 0.25) is 5.91 Å². The minimum absolute atomic E-state index is 0.236. The maximum atomic E-state index is 12.3. The zero-order valence-electron chi connectivity index (χ0n) is 12.9. The van der Waals surface area contributed by atoms with Gasteiger partial charge < -0.3 is 20.8 Å². The normalized spacial score (nSPS) is 12.1. The number of carbonyl (C=O) groups excluding carboxylic acids is 1. The summed E-state index contributed by atoms with van der Waals surface area (Å²) in [6.07, 6.45) is 2.37. The molecule has 0 radical (unpaired) electrons. The molecule has 118 valence electrons. The second-order valence-corrected chi connectivity index (χ2v) is 5.36. The monoisotopic (exact) mass is 309 g/mol. The molecule has 5 nitrogen and oxygen atoms in total. The predicted octanol–water partition coefficient (Wildman–Crippen LogP) is 2.69. The molecule has 2 aromatic carbocycles. The third-order valence-electron chi connectivity index (χ3n) is 3.82. The Hall–Kier alpha value is -2.79. The Morgan fingerprint density at radius 3 is 2.78 bits per heavy atom. The van der Waals surface area contributed by atoms with Gasteiger partial charge in [0.25, 0.3) is 0 Å². The molecule has 1 amide bonds. The summed E-state index contributed by atoms with van der Waals surface area (Å²) in [5.74, 6) is 0.375. The predicted molar refractivity (Wildman–Crippen MR) is 91.6 cm³/mol. The summed E-state index contributed by atoms with van der Waals surface area (Å²) < 4.78 is 5.23. The van der Waals surface area contributed by atoms with E-state index in [-0.39, 0.29) is 5.91 Å². The lowest BCUT2D eigenvalue weighted by molar-refractivity contribution is -0.117. The maximum absolute atomic E-state index is 12.3. The lowest BCUT2D eigenvalue weighted by atomic mass is 10.0. The quantitative estimate of drug-likeness (QED) is 0.678. The highest BCUT2D eigenvalue weighted by Gasteiger charge is 2.17. The highest BCUT2D eigenvalue weighted by Crippen LogP contribution is 2.23. The zero-order chi connectivity index (χ0) is 16.2. The van der Waals surface area contributed by atoms with Crippen LogP contribution >= 0.6 is 0 Å². The first-order valence-electron chi connectivity index (χ1n) is 7.43. The van der Waals surface area contributed by atoms with Crippen molar-refractivity contribution in [3.05, 3.63) is 60.3 Å². The van der Waals surface area contributed by atoms with Crippen LogP contribution in [0.25, 0.3) is 10.9 Å². The summed E-state index contributed by atoms with van der Waals surface area (Å²) in [6, 6.07) is 14.6. The van der Waals surface area contributed by atoms with E-state index in [1.807, 2.05) is 42.6 Å². The molecule has 23 heavy (non-hydrogen) atoms. The fraction of sp³-hybridized carbons (Fsp3) is 0.167. The molecule has 0 aliphatic heterocycles. The van der Waals surface area contributed by atoms with Gasteiger partial charge in [0.15, 0.2) is 0 Å². The fourth-order valence-corrected chi connectivity index (χ4v) is 2.60. The number of anilines is 1. The van der Waals surface area contributed by atoms with Crippen LogP contribution in [-0.2, 0) is 11.2 Å². The molecule has 3 aromatic rings. The van der Waals surface area contributed by atoms with Gasteiger partial charge >= 0.3 is 0 Å². The summed E-state index contributed by atoms with van der Waals surface area (Å²) in [5.41, 5.74) is 8.76. The molecule has 0 fully saturated rings. The third kappa shape index (κ3) is 3.19. The lowest BCUT2D eigenvalue weighted by Crippen LogP contribution is -2.37. The van der Waals surface area contributed by atoms with Crippen LogP contribution in [0.3, 0.4) is 0 Å². The highest BCUT2D eigenvalue weighted by molar-refractivity contribution is 5.96. The van der Waals surface area contributed by atoms with Crippen LogP contribution in [0, 0.1) is 0 Å². The molecule has 1 atom stereocenters. The average molecular weight is 309 g/mol. The Balaban J connectivity index is 1.73. The Bertz CT molecular complexity index is 826. The van der Waals surface area contributed by atoms with Crippen molar-refractivity contribution >= 4 is 22.5 Å². The van der Waals surface area contributed by atoms with Crippen molar-refractivity contribution in [3.63, 3.8) is 0 Å². The number of methoxy groups -OCH3 is 1. The van der Waals surface area contributed by atoms with E-state index in [4.69, 9.17) is 10.5 Å². The highest BCUT2D eigenvalue weighted by atomic mass is 16.5. The van der Waals surface area contributed by atoms with Crippen molar-refractivity contribution in [2.24, 2.45) is 5.73 Å². The van der Waals surface area contributed by atoms with Crippen LogP contribution < -0.4 is 15.8 Å². The summed E-state index contributed by atoms with van der Waals surface area (Å²) in [6.45, 7) is 0. The molecular formula is C18H19N3O2. The van der Waals surface area contributed by atoms with Crippen LogP contribution in [-0.4, -0.2) is 24.0 Å². The average Bonchev–Trinajstić information content (AvgIpc) is 2.98. The third-order valence-corrected chi connectivity index (χ3v) is 3.82. The number of fused-ring (bicyclic) bond motifs is 1. The summed E-state index contributed by atoms with van der Waals surface area (Å²) in [5, 5.41) is 3.91. The largest absolute Gasteiger partial charge is 0.495 e. The Morgan fingerprint density at radius 2 is 1.96 bits per heavy atom. The maximum Gasteiger partial charge on any atom is 0.241 e. The first-order chi connectivity index (χ1) is 11.2. The van der Waals surface area contributed by atoms with E-state index in [9.17, 15) is 4.79 Å². The summed E-state index contributed by atoms with van der Waals surface area (Å²) >= 11 is 0. The van der Waals surface area contributed by atoms with Crippen LogP contribution in [0.4, 0.5) is 5.69 Å². The van der Waals surface area contributed by atoms with E-state index >= 15 is 0 Å². The first kappa shape index (κ1) is 15.1. The number of aromatic amines is 1. The number of amides is 1. The van der Waals surface area contributed by atoms with Gasteiger partial charge in [0.1, 0.15) is 5.75 Å². The van der Waals surface area contributed by atoms with Gasteiger partial charge in [-0.05, 0) is 30.2 Å². The van der Waals surface area contributed by atoms with Gasteiger partial charge in [0.05, 0.1) is 18.8 Å². The van der Waals surface area contributed by atoms with Crippen molar-refractivity contribution in [3.8, 4) is 5.75 Å². The van der Waals surface area contributed by atoms with E-state index in [1.165, 1.54) is 0 Å². The van der Waals surface area contributed by atoms with Crippen molar-refractivity contribution in [2.45, 2.75) is 12.5 Å². The van der Waals surface area contributed by atoms with Crippen molar-refractivity contribution in [1.29, 1.82) is 0 Å². The van der Waals surface area contributed by atoms with Gasteiger partial charge in [-0.2, -0.15) is 0 Å². The fourth-order valence-electron chi connectivity index (χ4n) is 2.60. The first-order valence-corrected chi connectivity index (χ1v) is 7.43. The van der Waals surface area contributed by atoms with E-state index in [2.05, 4.69) is 10.3 Å². The number of hydrogen-bond donors (Lipinski definition) is 3. The van der Waals surface area contributed by atoms with E-state index < -0.39 is 6.04 Å². The summed E-state index contributed by atoms with van der Waals surface area (Å²) in [4.78, 5) is 15.5. The molecule has 1 unspecified atom stereocenters. The lowest BCUT2D eigenvalue weighted by Gasteiger charge is -2.14. The number of carbonyl (C=O) groups is 1. The molecule has 5 heteroatoms. The molecule has 1 heterocycles. The Labute approximate surface area is 134 Å². The number of para-hydroxylation sites is 3. The number of nitrogens with one attached hydrogen (secondary N) is 2. The smallest absolute Gasteiger partial charge is 0.241 e. The molecule has 0 aliphatic carbocycles. The molecule has 3 rings (SSSR count). The van der Waals surface area contributed by atoms with E-state index in [0.717, 1.165) is 16.5 Å². The van der Waals surface area contributed by atoms with E-state index in [1.54, 1.807) is 19.2 Å². The SMILES string of the molecule is COc1ccccc1NC(=O)C(N)Cc1c[nH]c2ccccc12.